The summed E-state index contributed by atoms with van der Waals surface area (Å²) in [6, 6.07) is 0. The van der Waals surface area contributed by atoms with E-state index in [1.54, 1.807) is 12.4 Å². The van der Waals surface area contributed by atoms with Crippen molar-refractivity contribution in [2.24, 2.45) is 0 Å². The highest BCUT2D eigenvalue weighted by Crippen LogP contribution is 2.18. The third kappa shape index (κ3) is 3.14. The largest absolute Gasteiger partial charge is 0.364 e. The van der Waals surface area contributed by atoms with Crippen LogP contribution in [0.3, 0.4) is 0 Å². The summed E-state index contributed by atoms with van der Waals surface area (Å²) >= 11 is 5.72. The molecular weight excluding hydrogens is 198 g/mol. The van der Waals surface area contributed by atoms with Crippen LogP contribution in [0, 0.1) is 6.92 Å². The fraction of sp³-hybridized carbons (Fsp3) is 0.600. The maximum atomic E-state index is 5.72. The Morgan fingerprint density at radius 2 is 2.00 bits per heavy atom. The Bertz CT molecular complexity index is 299. The first kappa shape index (κ1) is 11.2. The molecule has 0 aliphatic heterocycles. The molecule has 78 valence electrons. The van der Waals surface area contributed by atoms with Gasteiger partial charge < -0.3 is 5.32 Å². The number of hydrogen-bond acceptors (Lipinski definition) is 3. The third-order valence-electron chi connectivity index (χ3n) is 2.06. The summed E-state index contributed by atoms with van der Waals surface area (Å²) in [5, 5.41) is 3.33. The number of hydrogen-bond donors (Lipinski definition) is 1. The molecule has 1 aromatic rings. The van der Waals surface area contributed by atoms with Gasteiger partial charge in [0, 0.05) is 23.8 Å². The van der Waals surface area contributed by atoms with Crippen LogP contribution in [0.25, 0.3) is 0 Å². The van der Waals surface area contributed by atoms with Gasteiger partial charge in [0.2, 0.25) is 0 Å². The Morgan fingerprint density at radius 3 is 2.57 bits per heavy atom. The van der Waals surface area contributed by atoms with Gasteiger partial charge >= 0.3 is 0 Å². The lowest BCUT2D eigenvalue weighted by molar-refractivity contribution is 0.547. The van der Waals surface area contributed by atoms with Gasteiger partial charge in [-0.25, -0.2) is 4.98 Å². The van der Waals surface area contributed by atoms with Crippen molar-refractivity contribution in [2.45, 2.75) is 32.7 Å². The summed E-state index contributed by atoms with van der Waals surface area (Å²) in [7, 11) is 0. The summed E-state index contributed by atoms with van der Waals surface area (Å²) in [6.07, 6.45) is 4.27. The van der Waals surface area contributed by atoms with Crippen LogP contribution in [-0.2, 0) is 0 Å². The monoisotopic (exact) mass is 213 g/mol. The molecule has 1 N–H and O–H groups in total. The normalized spacial score (nSPS) is 11.4. The molecule has 0 unspecified atom stereocenters. The maximum Gasteiger partial charge on any atom is 0.147 e. The molecule has 0 saturated heterocycles. The van der Waals surface area contributed by atoms with E-state index in [0.29, 0.717) is 5.88 Å². The summed E-state index contributed by atoms with van der Waals surface area (Å²) in [5.74, 6) is 1.47. The van der Waals surface area contributed by atoms with E-state index in [1.165, 1.54) is 0 Å². The number of nitrogens with one attached hydrogen (secondary N) is 1. The van der Waals surface area contributed by atoms with Gasteiger partial charge in [0.05, 0.1) is 5.69 Å². The zero-order chi connectivity index (χ0) is 10.6. The fourth-order valence-corrected chi connectivity index (χ4v) is 1.62. The first-order chi connectivity index (χ1) is 6.55. The molecule has 0 aliphatic rings. The van der Waals surface area contributed by atoms with Crippen molar-refractivity contribution in [3.8, 4) is 0 Å². The molecule has 1 aromatic heterocycles. The van der Waals surface area contributed by atoms with Gasteiger partial charge in [-0.2, -0.15) is 0 Å². The van der Waals surface area contributed by atoms with Crippen LogP contribution in [0.2, 0.25) is 0 Å². The number of anilines is 1. The number of nitrogens with zero attached hydrogens (tertiary/aromatic N) is 2. The molecule has 0 radical (unpaired) electrons. The van der Waals surface area contributed by atoms with Crippen molar-refractivity contribution in [3.05, 3.63) is 18.1 Å². The third-order valence-corrected chi connectivity index (χ3v) is 2.25. The number of alkyl halides is 1. The molecule has 3 nitrogen and oxygen atoms in total. The van der Waals surface area contributed by atoms with E-state index in [4.69, 9.17) is 11.6 Å². The molecular formula is C10H16ClN3. The smallest absolute Gasteiger partial charge is 0.147 e. The zero-order valence-corrected chi connectivity index (χ0v) is 9.60. The highest BCUT2D eigenvalue weighted by Gasteiger charge is 2.17. The van der Waals surface area contributed by atoms with E-state index in [1.807, 2.05) is 6.92 Å². The lowest BCUT2D eigenvalue weighted by Gasteiger charge is -2.26. The number of halogens is 1. The van der Waals surface area contributed by atoms with Crippen LogP contribution in [0.4, 0.5) is 5.82 Å². The Hall–Kier alpha value is -0.830. The van der Waals surface area contributed by atoms with Crippen molar-refractivity contribution >= 4 is 17.4 Å². The Balaban J connectivity index is 2.73. The van der Waals surface area contributed by atoms with Gasteiger partial charge in [-0.3, -0.25) is 4.98 Å². The van der Waals surface area contributed by atoms with E-state index in [-0.39, 0.29) is 5.54 Å². The van der Waals surface area contributed by atoms with Crippen molar-refractivity contribution in [2.75, 3.05) is 11.2 Å². The molecule has 0 spiro atoms. The first-order valence-corrected chi connectivity index (χ1v) is 5.20. The average molecular weight is 214 g/mol. The van der Waals surface area contributed by atoms with E-state index >= 15 is 0 Å². The van der Waals surface area contributed by atoms with Crippen LogP contribution >= 0.6 is 11.6 Å². The maximum absolute atomic E-state index is 5.72. The van der Waals surface area contributed by atoms with Gasteiger partial charge in [-0.05, 0) is 27.2 Å². The Kier molecular flexibility index (Phi) is 3.69. The molecule has 0 saturated carbocycles. The van der Waals surface area contributed by atoms with Gasteiger partial charge in [0.25, 0.3) is 0 Å². The van der Waals surface area contributed by atoms with E-state index < -0.39 is 0 Å². The van der Waals surface area contributed by atoms with Gasteiger partial charge in [-0.15, -0.1) is 11.6 Å². The summed E-state index contributed by atoms with van der Waals surface area (Å²) in [5.41, 5.74) is 0.873. The first-order valence-electron chi connectivity index (χ1n) is 4.67. The summed E-state index contributed by atoms with van der Waals surface area (Å²) in [6.45, 7) is 6.14. The van der Waals surface area contributed by atoms with Crippen molar-refractivity contribution in [3.63, 3.8) is 0 Å². The van der Waals surface area contributed by atoms with E-state index in [0.717, 1.165) is 17.9 Å². The van der Waals surface area contributed by atoms with Crippen LogP contribution in [-0.4, -0.2) is 21.4 Å². The molecule has 1 rings (SSSR count). The predicted molar refractivity (Wildman–Crippen MR) is 59.8 cm³/mol. The highest BCUT2D eigenvalue weighted by molar-refractivity contribution is 6.17. The molecule has 0 aliphatic carbocycles. The quantitative estimate of drug-likeness (QED) is 0.782. The standard InChI is InChI=1S/C10H16ClN3/c1-8-9(13-7-6-12-8)14-10(2,3)4-5-11/h6-7H,4-5H2,1-3H3,(H,13,14). The summed E-state index contributed by atoms with van der Waals surface area (Å²) in [4.78, 5) is 8.39. The second-order valence-corrected chi connectivity index (χ2v) is 4.32. The molecule has 0 atom stereocenters. The van der Waals surface area contributed by atoms with Crippen LogP contribution < -0.4 is 5.32 Å². The van der Waals surface area contributed by atoms with Gasteiger partial charge in [-0.1, -0.05) is 0 Å². The second kappa shape index (κ2) is 4.60. The number of aromatic nitrogens is 2. The van der Waals surface area contributed by atoms with E-state index in [2.05, 4.69) is 29.1 Å². The molecule has 4 heteroatoms. The molecule has 0 bridgehead atoms. The SMILES string of the molecule is Cc1nccnc1NC(C)(C)CCCl. The van der Waals surface area contributed by atoms with Crippen LogP contribution in [0.5, 0.6) is 0 Å². The van der Waals surface area contributed by atoms with Crippen molar-refractivity contribution in [1.29, 1.82) is 0 Å². The number of rotatable bonds is 4. The second-order valence-electron chi connectivity index (χ2n) is 3.94. The minimum absolute atomic E-state index is 0.0391. The van der Waals surface area contributed by atoms with Crippen molar-refractivity contribution in [1.82, 2.24) is 9.97 Å². The number of aryl methyl sites for hydroxylation is 1. The molecule has 0 fully saturated rings. The van der Waals surface area contributed by atoms with E-state index in [9.17, 15) is 0 Å². The van der Waals surface area contributed by atoms with Gasteiger partial charge in [0.15, 0.2) is 0 Å². The zero-order valence-electron chi connectivity index (χ0n) is 8.84. The molecule has 1 heterocycles. The minimum Gasteiger partial charge on any atom is -0.364 e. The summed E-state index contributed by atoms with van der Waals surface area (Å²) < 4.78 is 0. The molecule has 14 heavy (non-hydrogen) atoms. The fourth-order valence-electron chi connectivity index (χ4n) is 1.15. The minimum atomic E-state index is -0.0391. The van der Waals surface area contributed by atoms with Gasteiger partial charge in [0.1, 0.15) is 5.82 Å². The highest BCUT2D eigenvalue weighted by atomic mass is 35.5. The lowest BCUT2D eigenvalue weighted by Crippen LogP contribution is -2.32. The van der Waals surface area contributed by atoms with Crippen molar-refractivity contribution < 1.29 is 0 Å². The van der Waals surface area contributed by atoms with Crippen LogP contribution in [0.1, 0.15) is 26.0 Å². The average Bonchev–Trinajstić information content (AvgIpc) is 2.08. The lowest BCUT2D eigenvalue weighted by atomic mass is 10.0. The van der Waals surface area contributed by atoms with Crippen LogP contribution in [0.15, 0.2) is 12.4 Å². The Labute approximate surface area is 89.9 Å². The topological polar surface area (TPSA) is 37.8 Å². The predicted octanol–water partition coefficient (Wildman–Crippen LogP) is 2.60. The molecule has 0 aromatic carbocycles. The Morgan fingerprint density at radius 1 is 1.36 bits per heavy atom. The molecule has 0 amide bonds.